The Balaban J connectivity index is 0.996. The van der Waals surface area contributed by atoms with Crippen LogP contribution in [-0.4, -0.2) is 0 Å². The Hall–Kier alpha value is -11.7. The summed E-state index contributed by atoms with van der Waals surface area (Å²) >= 11 is 3.77. The van der Waals surface area contributed by atoms with Crippen molar-refractivity contribution in [1.29, 1.82) is 0 Å². The normalized spacial score (nSPS) is 14.2. The molecule has 1 aliphatic carbocycles. The fourth-order valence-electron chi connectivity index (χ4n) is 17.2. The number of rotatable bonds is 8. The van der Waals surface area contributed by atoms with E-state index in [0.29, 0.717) is 0 Å². The molecule has 0 amide bonds. The molecule has 0 bridgehead atoms. The molecule has 0 spiro atoms. The fraction of sp³-hybridized carbons (Fsp3) is 0.0947. The highest BCUT2D eigenvalue weighted by Gasteiger charge is 2.51. The fourth-order valence-corrected chi connectivity index (χ4v) is 19.6. The second-order valence-electron chi connectivity index (χ2n) is 29.8. The Morgan fingerprint density at radius 3 is 1.33 bits per heavy atom. The summed E-state index contributed by atoms with van der Waals surface area (Å²) in [5, 5.41) is 15.7. The van der Waals surface area contributed by atoms with E-state index in [1.54, 1.807) is 0 Å². The van der Waals surface area contributed by atoms with E-state index in [1.807, 2.05) is 22.7 Å². The average molecular weight is 1350 g/mol. The SMILES string of the molecule is CC(C)(C)c1ccc(C2(c3ccc4sc5ccc(C(C)(C)C)cc5c4c3)c3cc(N(c4cccc5ccccc45)c4cccc5c4oc4ccccc45)c4c(sc5ccccc54)c3-c3c2cc(N(c2cccc4ccccc24)c2cccc4c2oc2ccccc24)c2oc4ccccc4c32)cc1. The van der Waals surface area contributed by atoms with Crippen LogP contribution in [0, 0.1) is 0 Å². The van der Waals surface area contributed by atoms with Crippen LogP contribution in [0.2, 0.25) is 0 Å². The Morgan fingerprint density at radius 2 is 0.716 bits per heavy atom. The van der Waals surface area contributed by atoms with E-state index >= 15 is 0 Å². The number of fused-ring (bicyclic) bond motifs is 22. The van der Waals surface area contributed by atoms with Gasteiger partial charge in [-0.3, -0.25) is 0 Å². The van der Waals surface area contributed by atoms with E-state index in [-0.39, 0.29) is 10.8 Å². The highest BCUT2D eigenvalue weighted by molar-refractivity contribution is 7.26. The molecule has 20 aromatic rings. The van der Waals surface area contributed by atoms with Crippen molar-refractivity contribution < 1.29 is 13.3 Å². The minimum Gasteiger partial charge on any atom is -0.454 e. The summed E-state index contributed by atoms with van der Waals surface area (Å²) in [6.07, 6.45) is 0. The maximum absolute atomic E-state index is 7.77. The lowest BCUT2D eigenvalue weighted by Crippen LogP contribution is -2.29. The zero-order valence-electron chi connectivity index (χ0n) is 57.1. The molecule has 1 atom stereocenters. The first-order valence-corrected chi connectivity index (χ1v) is 36.9. The van der Waals surface area contributed by atoms with Crippen LogP contribution >= 0.6 is 22.7 Å². The van der Waals surface area contributed by atoms with Gasteiger partial charge in [0.25, 0.3) is 0 Å². The Morgan fingerprint density at radius 1 is 0.284 bits per heavy atom. The van der Waals surface area contributed by atoms with Crippen molar-refractivity contribution in [2.75, 3.05) is 9.80 Å². The van der Waals surface area contributed by atoms with Crippen LogP contribution in [0.4, 0.5) is 34.1 Å². The third-order valence-corrected chi connectivity index (χ3v) is 24.4. The summed E-state index contributed by atoms with van der Waals surface area (Å²) in [6.45, 7) is 14.0. The van der Waals surface area contributed by atoms with E-state index in [9.17, 15) is 0 Å². The number of hydrogen-bond acceptors (Lipinski definition) is 7. The smallest absolute Gasteiger partial charge is 0.160 e. The predicted molar refractivity (Wildman–Crippen MR) is 433 cm³/mol. The van der Waals surface area contributed by atoms with Crippen LogP contribution in [0.3, 0.4) is 0 Å². The molecule has 0 N–H and O–H groups in total. The number of thiophene rings is 2. The van der Waals surface area contributed by atoms with Crippen molar-refractivity contribution >= 4 is 185 Å². The molecule has 486 valence electrons. The topological polar surface area (TPSA) is 45.9 Å². The summed E-state index contributed by atoms with van der Waals surface area (Å²) < 4.78 is 27.2. The number of furan rings is 3. The van der Waals surface area contributed by atoms with Crippen molar-refractivity contribution in [2.24, 2.45) is 0 Å². The minimum absolute atomic E-state index is 0.0775. The first-order valence-electron chi connectivity index (χ1n) is 35.3. The number of para-hydroxylation sites is 5. The van der Waals surface area contributed by atoms with Crippen molar-refractivity contribution in [3.8, 4) is 11.1 Å². The molecule has 0 radical (unpaired) electrons. The minimum atomic E-state index is -1.06. The van der Waals surface area contributed by atoms with Crippen molar-refractivity contribution in [1.82, 2.24) is 0 Å². The average Bonchev–Trinajstić information content (AvgIpc) is 1.49. The second-order valence-corrected chi connectivity index (χ2v) is 31.9. The standard InChI is InChI=1S/C95H66N2O3S2/c1-93(2,3)57-43-45-58(46-44-57)95(60-48-50-84-70(52-60)69-51-59(94(4,5)6)47-49-83(69)101-84)71-54-78(97(74-36-20-26-56-24-8-10-28-62(56)74)76-38-22-34-66-64-30-12-16-40-80(64)99-90(66)76)91-86(67-31-13-17-41-81(67)100-91)87(71)88-72(95)53-77(85-68-32-14-18-42-82(68)102-92(85)88)96(73-35-19-25-55-23-7-9-27-61(55)73)75-37-21-33-65-63-29-11-15-39-79(63)98-89(65)75/h7-54H,1-6H3. The van der Waals surface area contributed by atoms with Crippen molar-refractivity contribution in [3.63, 3.8) is 0 Å². The van der Waals surface area contributed by atoms with Crippen molar-refractivity contribution in [2.45, 2.75) is 57.8 Å². The number of anilines is 6. The van der Waals surface area contributed by atoms with Gasteiger partial charge in [-0.15, -0.1) is 22.7 Å². The van der Waals surface area contributed by atoms with E-state index < -0.39 is 5.41 Å². The van der Waals surface area contributed by atoms with Gasteiger partial charge in [0.2, 0.25) is 0 Å². The second kappa shape index (κ2) is 21.6. The first-order chi connectivity index (χ1) is 49.8. The predicted octanol–water partition coefficient (Wildman–Crippen LogP) is 28.3. The largest absolute Gasteiger partial charge is 0.454 e. The van der Waals surface area contributed by atoms with Gasteiger partial charge < -0.3 is 23.1 Å². The number of benzene rings is 15. The zero-order valence-corrected chi connectivity index (χ0v) is 58.8. The van der Waals surface area contributed by atoms with Gasteiger partial charge >= 0.3 is 0 Å². The molecule has 0 aliphatic heterocycles. The van der Waals surface area contributed by atoms with E-state index in [1.165, 1.54) is 57.2 Å². The quantitative estimate of drug-likeness (QED) is 0.152. The molecule has 1 unspecified atom stereocenters. The van der Waals surface area contributed by atoms with Gasteiger partial charge in [-0.05, 0) is 140 Å². The van der Waals surface area contributed by atoms with Crippen LogP contribution in [0.15, 0.2) is 304 Å². The third kappa shape index (κ3) is 8.44. The lowest BCUT2D eigenvalue weighted by atomic mass is 9.66. The molecule has 21 rings (SSSR count). The maximum atomic E-state index is 7.77. The molecule has 5 aromatic heterocycles. The van der Waals surface area contributed by atoms with E-state index in [2.05, 4.69) is 343 Å². The van der Waals surface area contributed by atoms with Gasteiger partial charge in [-0.25, -0.2) is 0 Å². The van der Waals surface area contributed by atoms with Crippen LogP contribution in [-0.2, 0) is 16.2 Å². The monoisotopic (exact) mass is 1350 g/mol. The summed E-state index contributed by atoms with van der Waals surface area (Å²) in [5.74, 6) is 0. The molecule has 5 heterocycles. The van der Waals surface area contributed by atoms with Gasteiger partial charge in [0.1, 0.15) is 16.7 Å². The molecule has 15 aromatic carbocycles. The number of hydrogen-bond donors (Lipinski definition) is 0. The van der Waals surface area contributed by atoms with E-state index in [4.69, 9.17) is 13.3 Å². The highest BCUT2D eigenvalue weighted by Crippen LogP contribution is 2.66. The highest BCUT2D eigenvalue weighted by atomic mass is 32.1. The van der Waals surface area contributed by atoms with Gasteiger partial charge in [-0.1, -0.05) is 248 Å². The molecule has 0 saturated carbocycles. The van der Waals surface area contributed by atoms with Crippen molar-refractivity contribution in [3.05, 3.63) is 325 Å². The molecule has 7 heteroatoms. The van der Waals surface area contributed by atoms with Crippen LogP contribution in [0.1, 0.15) is 74.9 Å². The molecular formula is C95H66N2O3S2. The summed E-state index contributed by atoms with van der Waals surface area (Å²) in [6, 6.07) is 109. The Kier molecular flexibility index (Phi) is 12.5. The molecule has 5 nitrogen and oxygen atoms in total. The molecule has 0 saturated heterocycles. The summed E-state index contributed by atoms with van der Waals surface area (Å²) in [5.41, 5.74) is 19.0. The molecule has 0 fully saturated rings. The lowest BCUT2D eigenvalue weighted by molar-refractivity contribution is 0.589. The zero-order chi connectivity index (χ0) is 68.1. The van der Waals surface area contributed by atoms with Crippen LogP contribution in [0.5, 0.6) is 0 Å². The summed E-state index contributed by atoms with van der Waals surface area (Å²) in [4.78, 5) is 5.02. The molecule has 1 aliphatic rings. The van der Waals surface area contributed by atoms with E-state index in [0.717, 1.165) is 149 Å². The summed E-state index contributed by atoms with van der Waals surface area (Å²) in [7, 11) is 0. The van der Waals surface area contributed by atoms with Gasteiger partial charge in [0.15, 0.2) is 16.7 Å². The maximum Gasteiger partial charge on any atom is 0.160 e. The third-order valence-electron chi connectivity index (χ3n) is 22.0. The molecular weight excluding hydrogens is 1280 g/mol. The van der Waals surface area contributed by atoms with Gasteiger partial charge in [0.05, 0.1) is 39.5 Å². The molecule has 102 heavy (non-hydrogen) atoms. The van der Waals surface area contributed by atoms with Crippen LogP contribution in [0.25, 0.3) is 139 Å². The number of nitrogens with zero attached hydrogens (tertiary/aromatic N) is 2. The van der Waals surface area contributed by atoms with Gasteiger partial charge in [0, 0.05) is 94.6 Å². The Bertz CT molecular complexity index is 6930. The lowest BCUT2D eigenvalue weighted by Gasteiger charge is -2.36. The van der Waals surface area contributed by atoms with Crippen LogP contribution < -0.4 is 9.80 Å². The Labute approximate surface area is 596 Å². The first kappa shape index (κ1) is 59.2. The van der Waals surface area contributed by atoms with Gasteiger partial charge in [-0.2, -0.15) is 0 Å².